The zero-order chi connectivity index (χ0) is 11.6. The predicted molar refractivity (Wildman–Crippen MR) is 62.3 cm³/mol. The quantitative estimate of drug-likeness (QED) is 0.808. The largest absolute Gasteiger partial charge is 0.363 e. The highest BCUT2D eigenvalue weighted by Crippen LogP contribution is 2.10. The Balaban J connectivity index is 3.18. The first-order valence-electron chi connectivity index (χ1n) is 5.17. The van der Waals surface area contributed by atoms with Crippen LogP contribution in [-0.4, -0.2) is 15.6 Å². The lowest BCUT2D eigenvalue weighted by molar-refractivity contribution is 0.383. The van der Waals surface area contributed by atoms with Crippen LogP contribution in [0.1, 0.15) is 34.6 Å². The Morgan fingerprint density at radius 2 is 2.00 bits per heavy atom. The monoisotopic (exact) mass is 209 g/mol. The fourth-order valence-electron chi connectivity index (χ4n) is 1.31. The summed E-state index contributed by atoms with van der Waals surface area (Å²) in [5, 5.41) is 3.04. The molecule has 0 atom stereocenters. The molecule has 4 heteroatoms. The van der Waals surface area contributed by atoms with Crippen molar-refractivity contribution in [3.63, 3.8) is 0 Å². The number of hydrogen-bond donors (Lipinski definition) is 1. The molecule has 0 aliphatic heterocycles. The standard InChI is InChI=1S/C11H19N3O/c1-8(2)13-9-10(15)14(7-6-12-9)11(3,4)5/h6-8H,1-5H3,(H,12,13). The first kappa shape index (κ1) is 11.8. The van der Waals surface area contributed by atoms with Crippen molar-refractivity contribution in [1.82, 2.24) is 9.55 Å². The van der Waals surface area contributed by atoms with Gasteiger partial charge in [0.2, 0.25) is 0 Å². The molecule has 0 saturated heterocycles. The minimum Gasteiger partial charge on any atom is -0.363 e. The van der Waals surface area contributed by atoms with Gasteiger partial charge in [0.05, 0.1) is 0 Å². The first-order chi connectivity index (χ1) is 6.82. The minimum absolute atomic E-state index is 0.0706. The van der Waals surface area contributed by atoms with E-state index in [9.17, 15) is 4.79 Å². The fraction of sp³-hybridized carbons (Fsp3) is 0.636. The fourth-order valence-corrected chi connectivity index (χ4v) is 1.31. The molecule has 0 radical (unpaired) electrons. The van der Waals surface area contributed by atoms with Crippen molar-refractivity contribution in [3.05, 3.63) is 22.7 Å². The minimum atomic E-state index is -0.215. The maximum atomic E-state index is 12.0. The van der Waals surface area contributed by atoms with Gasteiger partial charge in [-0.1, -0.05) is 0 Å². The van der Waals surface area contributed by atoms with Crippen LogP contribution in [0.2, 0.25) is 0 Å². The van der Waals surface area contributed by atoms with Crippen molar-refractivity contribution in [2.24, 2.45) is 0 Å². The summed E-state index contributed by atoms with van der Waals surface area (Å²) >= 11 is 0. The highest BCUT2D eigenvalue weighted by atomic mass is 16.1. The highest BCUT2D eigenvalue weighted by Gasteiger charge is 2.16. The van der Waals surface area contributed by atoms with Gasteiger partial charge in [0.1, 0.15) is 0 Å². The van der Waals surface area contributed by atoms with Crippen LogP contribution in [0, 0.1) is 0 Å². The number of anilines is 1. The maximum Gasteiger partial charge on any atom is 0.293 e. The highest BCUT2D eigenvalue weighted by molar-refractivity contribution is 5.31. The Kier molecular flexibility index (Phi) is 3.17. The second kappa shape index (κ2) is 4.04. The van der Waals surface area contributed by atoms with Gasteiger partial charge >= 0.3 is 0 Å². The van der Waals surface area contributed by atoms with E-state index in [0.717, 1.165) is 0 Å². The van der Waals surface area contributed by atoms with Crippen LogP contribution >= 0.6 is 0 Å². The number of nitrogens with one attached hydrogen (secondary N) is 1. The molecule has 84 valence electrons. The summed E-state index contributed by atoms with van der Waals surface area (Å²) in [5.41, 5.74) is -0.285. The van der Waals surface area contributed by atoms with Gasteiger partial charge in [0, 0.05) is 24.0 Å². The van der Waals surface area contributed by atoms with Crippen LogP contribution in [0.3, 0.4) is 0 Å². The van der Waals surface area contributed by atoms with Crippen molar-refractivity contribution >= 4 is 5.82 Å². The Bertz CT molecular complexity index is 388. The second-order valence-corrected chi connectivity index (χ2v) is 4.92. The summed E-state index contributed by atoms with van der Waals surface area (Å²) in [6, 6.07) is 0.209. The third-order valence-corrected chi connectivity index (χ3v) is 1.99. The van der Waals surface area contributed by atoms with E-state index in [1.807, 2.05) is 34.6 Å². The molecular formula is C11H19N3O. The van der Waals surface area contributed by atoms with Crippen LogP contribution in [0.4, 0.5) is 5.82 Å². The molecule has 0 aliphatic rings. The molecule has 0 bridgehead atoms. The second-order valence-electron chi connectivity index (χ2n) is 4.92. The van der Waals surface area contributed by atoms with Crippen molar-refractivity contribution in [2.75, 3.05) is 5.32 Å². The van der Waals surface area contributed by atoms with E-state index in [0.29, 0.717) is 5.82 Å². The molecule has 1 aromatic rings. The van der Waals surface area contributed by atoms with E-state index in [-0.39, 0.29) is 17.1 Å². The Morgan fingerprint density at radius 1 is 1.40 bits per heavy atom. The van der Waals surface area contributed by atoms with Crippen LogP contribution in [0.5, 0.6) is 0 Å². The number of aromatic nitrogens is 2. The van der Waals surface area contributed by atoms with Gasteiger partial charge in [-0.2, -0.15) is 0 Å². The lowest BCUT2D eigenvalue weighted by Gasteiger charge is -2.22. The van der Waals surface area contributed by atoms with Gasteiger partial charge in [-0.25, -0.2) is 4.98 Å². The third-order valence-electron chi connectivity index (χ3n) is 1.99. The smallest absolute Gasteiger partial charge is 0.293 e. The molecule has 0 unspecified atom stereocenters. The maximum absolute atomic E-state index is 12.0. The lowest BCUT2D eigenvalue weighted by Crippen LogP contribution is -2.35. The topological polar surface area (TPSA) is 46.9 Å². The molecule has 1 N–H and O–H groups in total. The van der Waals surface area contributed by atoms with E-state index in [1.54, 1.807) is 17.0 Å². The van der Waals surface area contributed by atoms with E-state index < -0.39 is 0 Å². The molecule has 0 spiro atoms. The van der Waals surface area contributed by atoms with E-state index in [4.69, 9.17) is 0 Å². The SMILES string of the molecule is CC(C)Nc1nccn(C(C)(C)C)c1=O. The summed E-state index contributed by atoms with van der Waals surface area (Å²) in [5.74, 6) is 0.419. The van der Waals surface area contributed by atoms with Crippen LogP contribution < -0.4 is 10.9 Å². The zero-order valence-electron chi connectivity index (χ0n) is 10.0. The molecule has 1 heterocycles. The molecule has 0 amide bonds. The van der Waals surface area contributed by atoms with Gasteiger partial charge in [-0.15, -0.1) is 0 Å². The Morgan fingerprint density at radius 3 is 2.47 bits per heavy atom. The summed E-state index contributed by atoms with van der Waals surface area (Å²) < 4.78 is 1.69. The van der Waals surface area contributed by atoms with E-state index >= 15 is 0 Å². The van der Waals surface area contributed by atoms with Crippen molar-refractivity contribution in [3.8, 4) is 0 Å². The van der Waals surface area contributed by atoms with Crippen molar-refractivity contribution < 1.29 is 0 Å². The normalized spacial score (nSPS) is 11.9. The molecule has 0 aromatic carbocycles. The van der Waals surface area contributed by atoms with Gasteiger partial charge < -0.3 is 9.88 Å². The Labute approximate surface area is 90.3 Å². The Hall–Kier alpha value is -1.32. The van der Waals surface area contributed by atoms with Gasteiger partial charge in [0.25, 0.3) is 5.56 Å². The van der Waals surface area contributed by atoms with Crippen molar-refractivity contribution in [1.29, 1.82) is 0 Å². The van der Waals surface area contributed by atoms with E-state index in [2.05, 4.69) is 10.3 Å². The van der Waals surface area contributed by atoms with Crippen molar-refractivity contribution in [2.45, 2.75) is 46.2 Å². The summed E-state index contributed by atoms with van der Waals surface area (Å²) in [6.07, 6.45) is 3.37. The molecule has 1 aromatic heterocycles. The van der Waals surface area contributed by atoms with Crippen LogP contribution in [-0.2, 0) is 5.54 Å². The lowest BCUT2D eigenvalue weighted by atomic mass is 10.1. The molecule has 1 rings (SSSR count). The number of rotatable bonds is 2. The number of hydrogen-bond acceptors (Lipinski definition) is 3. The summed E-state index contributed by atoms with van der Waals surface area (Å²) in [7, 11) is 0. The van der Waals surface area contributed by atoms with Crippen LogP contribution in [0.15, 0.2) is 17.2 Å². The van der Waals surface area contributed by atoms with Gasteiger partial charge in [0.15, 0.2) is 5.82 Å². The molecule has 0 saturated carbocycles. The molecular weight excluding hydrogens is 190 g/mol. The molecule has 0 aliphatic carbocycles. The predicted octanol–water partition coefficient (Wildman–Crippen LogP) is 1.82. The van der Waals surface area contributed by atoms with E-state index in [1.165, 1.54) is 0 Å². The molecule has 4 nitrogen and oxygen atoms in total. The average Bonchev–Trinajstić information content (AvgIpc) is 2.05. The van der Waals surface area contributed by atoms with Gasteiger partial charge in [-0.3, -0.25) is 4.79 Å². The zero-order valence-corrected chi connectivity index (χ0v) is 10.0. The first-order valence-corrected chi connectivity index (χ1v) is 5.17. The average molecular weight is 209 g/mol. The summed E-state index contributed by atoms with van der Waals surface area (Å²) in [4.78, 5) is 16.0. The van der Waals surface area contributed by atoms with Crippen LogP contribution in [0.25, 0.3) is 0 Å². The molecule has 0 fully saturated rings. The summed E-state index contributed by atoms with van der Waals surface area (Å²) in [6.45, 7) is 9.94. The number of nitrogens with zero attached hydrogens (tertiary/aromatic N) is 2. The van der Waals surface area contributed by atoms with Gasteiger partial charge in [-0.05, 0) is 34.6 Å². The molecule has 15 heavy (non-hydrogen) atoms. The third kappa shape index (κ3) is 2.81.